The van der Waals surface area contributed by atoms with Crippen molar-refractivity contribution in [2.45, 2.75) is 11.8 Å². The Hall–Kier alpha value is -1.67. The van der Waals surface area contributed by atoms with Crippen LogP contribution in [-0.4, -0.2) is 18.6 Å². The van der Waals surface area contributed by atoms with Gasteiger partial charge in [-0.3, -0.25) is 4.72 Å². The van der Waals surface area contributed by atoms with Gasteiger partial charge < -0.3 is 5.73 Å². The van der Waals surface area contributed by atoms with Crippen LogP contribution in [0.15, 0.2) is 28.6 Å². The van der Waals surface area contributed by atoms with Crippen LogP contribution in [0.3, 0.4) is 0 Å². The molecule has 17 heavy (non-hydrogen) atoms. The van der Waals surface area contributed by atoms with Crippen molar-refractivity contribution in [1.82, 2.24) is 10.2 Å². The van der Waals surface area contributed by atoms with E-state index < -0.39 is 10.0 Å². The van der Waals surface area contributed by atoms with Crippen molar-refractivity contribution in [3.63, 3.8) is 0 Å². The van der Waals surface area contributed by atoms with Gasteiger partial charge in [0, 0.05) is 5.69 Å². The minimum Gasteiger partial charge on any atom is -0.398 e. The number of rotatable bonds is 3. The van der Waals surface area contributed by atoms with Crippen LogP contribution in [-0.2, 0) is 10.0 Å². The topological polar surface area (TPSA) is 98.0 Å². The molecule has 0 aliphatic heterocycles. The summed E-state index contributed by atoms with van der Waals surface area (Å²) < 4.78 is 26.4. The van der Waals surface area contributed by atoms with E-state index >= 15 is 0 Å². The molecule has 0 aliphatic rings. The average Bonchev–Trinajstić information content (AvgIpc) is 2.73. The molecule has 90 valence electrons. The van der Waals surface area contributed by atoms with Crippen molar-refractivity contribution in [2.24, 2.45) is 0 Å². The minimum absolute atomic E-state index is 0.146. The third kappa shape index (κ3) is 2.37. The van der Waals surface area contributed by atoms with Crippen LogP contribution in [0, 0.1) is 6.92 Å². The number of aromatic nitrogens is 2. The second-order valence-electron chi connectivity index (χ2n) is 3.32. The van der Waals surface area contributed by atoms with Crippen molar-refractivity contribution in [3.05, 3.63) is 29.3 Å². The van der Waals surface area contributed by atoms with Crippen LogP contribution >= 0.6 is 11.3 Å². The number of nitrogens with one attached hydrogen (secondary N) is 1. The summed E-state index contributed by atoms with van der Waals surface area (Å²) in [5, 5.41) is 7.41. The fourth-order valence-corrected chi connectivity index (χ4v) is 3.28. The molecule has 0 fully saturated rings. The normalized spacial score (nSPS) is 11.4. The molecule has 8 heteroatoms. The molecule has 0 atom stereocenters. The Morgan fingerprint density at radius 1 is 1.41 bits per heavy atom. The molecule has 0 bridgehead atoms. The first-order valence-corrected chi connectivity index (χ1v) is 7.01. The summed E-state index contributed by atoms with van der Waals surface area (Å²) >= 11 is 1.11. The lowest BCUT2D eigenvalue weighted by atomic mass is 10.2. The fourth-order valence-electron chi connectivity index (χ4n) is 1.31. The van der Waals surface area contributed by atoms with E-state index in [2.05, 4.69) is 14.9 Å². The van der Waals surface area contributed by atoms with Crippen molar-refractivity contribution >= 4 is 32.2 Å². The lowest BCUT2D eigenvalue weighted by molar-refractivity contribution is 0.600. The SMILES string of the molecule is Cc1c(N)cccc1S(=O)(=O)Nc1nncs1. The van der Waals surface area contributed by atoms with Crippen LogP contribution in [0.1, 0.15) is 5.56 Å². The van der Waals surface area contributed by atoms with Gasteiger partial charge in [0.2, 0.25) is 5.13 Å². The van der Waals surface area contributed by atoms with Gasteiger partial charge in [0.15, 0.2) is 0 Å². The van der Waals surface area contributed by atoms with Crippen molar-refractivity contribution in [2.75, 3.05) is 10.5 Å². The van der Waals surface area contributed by atoms with Crippen molar-refractivity contribution in [3.8, 4) is 0 Å². The summed E-state index contributed by atoms with van der Waals surface area (Å²) in [5.41, 5.74) is 8.07. The zero-order chi connectivity index (χ0) is 12.5. The van der Waals surface area contributed by atoms with Crippen LogP contribution in [0.4, 0.5) is 10.8 Å². The van der Waals surface area contributed by atoms with Crippen LogP contribution in [0.5, 0.6) is 0 Å². The monoisotopic (exact) mass is 270 g/mol. The van der Waals surface area contributed by atoms with E-state index in [1.807, 2.05) is 0 Å². The van der Waals surface area contributed by atoms with Gasteiger partial charge in [-0.05, 0) is 24.6 Å². The third-order valence-electron chi connectivity index (χ3n) is 2.20. The van der Waals surface area contributed by atoms with Gasteiger partial charge in [-0.15, -0.1) is 10.2 Å². The molecule has 6 nitrogen and oxygen atoms in total. The molecule has 0 spiro atoms. The smallest absolute Gasteiger partial charge is 0.264 e. The molecule has 1 aromatic heterocycles. The standard InChI is InChI=1S/C9H10N4O2S2/c1-6-7(10)3-2-4-8(6)17(14,15)13-9-12-11-5-16-9/h2-5H,10H2,1H3,(H,12,13). The molecule has 2 aromatic rings. The summed E-state index contributed by atoms with van der Waals surface area (Å²) in [5.74, 6) is 0. The number of anilines is 2. The summed E-state index contributed by atoms with van der Waals surface area (Å²) in [6.07, 6.45) is 0. The zero-order valence-corrected chi connectivity index (χ0v) is 10.5. The first-order valence-electron chi connectivity index (χ1n) is 4.65. The summed E-state index contributed by atoms with van der Waals surface area (Å²) in [4.78, 5) is 0.146. The molecule has 3 N–H and O–H groups in total. The van der Waals surface area contributed by atoms with Gasteiger partial charge in [0.05, 0.1) is 4.90 Å². The Balaban J connectivity index is 2.42. The molecule has 1 aromatic carbocycles. The van der Waals surface area contributed by atoms with Gasteiger partial charge in [-0.25, -0.2) is 8.42 Å². The highest BCUT2D eigenvalue weighted by Crippen LogP contribution is 2.23. The molecular formula is C9H10N4O2S2. The Kier molecular flexibility index (Phi) is 2.99. The highest BCUT2D eigenvalue weighted by atomic mass is 32.2. The minimum atomic E-state index is -3.66. The number of nitrogens with zero attached hydrogens (tertiary/aromatic N) is 2. The lowest BCUT2D eigenvalue weighted by Crippen LogP contribution is -2.14. The van der Waals surface area contributed by atoms with Crippen molar-refractivity contribution < 1.29 is 8.42 Å². The summed E-state index contributed by atoms with van der Waals surface area (Å²) in [6, 6.07) is 4.74. The maximum absolute atomic E-state index is 12.0. The van der Waals surface area contributed by atoms with E-state index in [4.69, 9.17) is 5.73 Å². The Bertz CT molecular complexity index is 622. The predicted octanol–water partition coefficient (Wildman–Crippen LogP) is 1.23. The Morgan fingerprint density at radius 2 is 2.18 bits per heavy atom. The molecule has 0 saturated heterocycles. The van der Waals surface area contributed by atoms with Gasteiger partial charge in [0.1, 0.15) is 5.51 Å². The maximum Gasteiger partial charge on any atom is 0.264 e. The average molecular weight is 270 g/mol. The second-order valence-corrected chi connectivity index (χ2v) is 5.80. The second kappa shape index (κ2) is 4.30. The number of hydrogen-bond donors (Lipinski definition) is 2. The first kappa shape index (κ1) is 11.8. The molecule has 1 heterocycles. The molecule has 0 saturated carbocycles. The molecule has 0 radical (unpaired) electrons. The summed E-state index contributed by atoms with van der Waals surface area (Å²) in [6.45, 7) is 1.66. The summed E-state index contributed by atoms with van der Waals surface area (Å²) in [7, 11) is -3.66. The largest absolute Gasteiger partial charge is 0.398 e. The first-order chi connectivity index (χ1) is 8.00. The third-order valence-corrected chi connectivity index (χ3v) is 4.42. The lowest BCUT2D eigenvalue weighted by Gasteiger charge is -2.09. The van der Waals surface area contributed by atoms with E-state index in [0.717, 1.165) is 11.3 Å². The van der Waals surface area contributed by atoms with Gasteiger partial charge in [0.25, 0.3) is 10.0 Å². The zero-order valence-electron chi connectivity index (χ0n) is 8.91. The van der Waals surface area contributed by atoms with Crippen molar-refractivity contribution in [1.29, 1.82) is 0 Å². The van der Waals surface area contributed by atoms with E-state index in [1.165, 1.54) is 11.6 Å². The quantitative estimate of drug-likeness (QED) is 0.817. The van der Waals surface area contributed by atoms with Gasteiger partial charge in [-0.2, -0.15) is 0 Å². The number of nitrogens with two attached hydrogens (primary N) is 1. The van der Waals surface area contributed by atoms with Crippen LogP contribution in [0.2, 0.25) is 0 Å². The maximum atomic E-state index is 12.0. The van der Waals surface area contributed by atoms with Crippen LogP contribution < -0.4 is 10.5 Å². The molecule has 0 aliphatic carbocycles. The number of sulfonamides is 1. The van der Waals surface area contributed by atoms with Gasteiger partial charge >= 0.3 is 0 Å². The predicted molar refractivity (Wildman–Crippen MR) is 66.3 cm³/mol. The number of nitrogen functional groups attached to an aromatic ring is 1. The molecular weight excluding hydrogens is 260 g/mol. The highest BCUT2D eigenvalue weighted by molar-refractivity contribution is 7.93. The van der Waals surface area contributed by atoms with E-state index in [9.17, 15) is 8.42 Å². The molecule has 0 unspecified atom stereocenters. The molecule has 2 rings (SSSR count). The van der Waals surface area contributed by atoms with Gasteiger partial charge in [-0.1, -0.05) is 17.4 Å². The van der Waals surface area contributed by atoms with E-state index in [0.29, 0.717) is 11.3 Å². The number of benzene rings is 1. The molecule has 0 amide bonds. The van der Waals surface area contributed by atoms with Crippen LogP contribution in [0.25, 0.3) is 0 Å². The highest BCUT2D eigenvalue weighted by Gasteiger charge is 2.18. The Labute approximate surface area is 103 Å². The van der Waals surface area contributed by atoms with E-state index in [1.54, 1.807) is 19.1 Å². The van der Waals surface area contributed by atoms with E-state index in [-0.39, 0.29) is 10.0 Å². The Morgan fingerprint density at radius 3 is 2.82 bits per heavy atom. The number of hydrogen-bond acceptors (Lipinski definition) is 6. The fraction of sp³-hybridized carbons (Fsp3) is 0.111.